The lowest BCUT2D eigenvalue weighted by atomic mass is 9.72. The molecule has 3 aliphatic heterocycles. The first kappa shape index (κ1) is 78.4. The van der Waals surface area contributed by atoms with Gasteiger partial charge in [-0.25, -0.2) is 14.0 Å². The molecule has 568 valence electrons. The minimum absolute atomic E-state index is 0.0327. The van der Waals surface area contributed by atoms with Crippen molar-refractivity contribution >= 4 is 52.9 Å². The van der Waals surface area contributed by atoms with Crippen molar-refractivity contribution in [1.29, 1.82) is 0 Å². The first-order valence-electron chi connectivity index (χ1n) is 36.4. The van der Waals surface area contributed by atoms with Gasteiger partial charge in [-0.15, -0.1) is 0 Å². The average molecular weight is 1480 g/mol. The van der Waals surface area contributed by atoms with Crippen LogP contribution in [0.15, 0.2) is 176 Å². The van der Waals surface area contributed by atoms with Crippen molar-refractivity contribution < 1.29 is 78.4 Å². The number of unbranched alkanes of at least 4 members (excludes halogenated alkanes) is 2. The number of para-hydroxylation sites is 1. The molecular weight excluding hydrogens is 1390 g/mol. The van der Waals surface area contributed by atoms with E-state index in [0.29, 0.717) is 138 Å². The molecule has 0 radical (unpaired) electrons. The van der Waals surface area contributed by atoms with Gasteiger partial charge in [0.25, 0.3) is 5.91 Å². The summed E-state index contributed by atoms with van der Waals surface area (Å²) in [5, 5.41) is 2.93. The molecule has 7 aromatic carbocycles. The van der Waals surface area contributed by atoms with Crippen LogP contribution in [0.5, 0.6) is 0 Å². The summed E-state index contributed by atoms with van der Waals surface area (Å²) in [6.45, 7) is 4.10. The highest BCUT2D eigenvalue weighted by Crippen LogP contribution is 2.49. The third-order valence-electron chi connectivity index (χ3n) is 21.2. The first-order chi connectivity index (χ1) is 51.3. The molecule has 18 nitrogen and oxygen atoms in total. The highest BCUT2D eigenvalue weighted by Gasteiger charge is 2.50. The van der Waals surface area contributed by atoms with Crippen molar-refractivity contribution in [3.05, 3.63) is 221 Å². The van der Waals surface area contributed by atoms with E-state index in [1.807, 2.05) is 104 Å². The Bertz CT molecular complexity index is 4150. The number of anilines is 3. The van der Waals surface area contributed by atoms with E-state index in [4.69, 9.17) is 18.9 Å². The van der Waals surface area contributed by atoms with E-state index in [9.17, 15) is 59.5 Å². The van der Waals surface area contributed by atoms with E-state index < -0.39 is 70.7 Å². The van der Waals surface area contributed by atoms with Crippen LogP contribution in [0.4, 0.5) is 57.4 Å². The summed E-state index contributed by atoms with van der Waals surface area (Å²) >= 11 is 0. The van der Waals surface area contributed by atoms with E-state index in [1.165, 1.54) is 29.2 Å². The van der Waals surface area contributed by atoms with Gasteiger partial charge in [0.1, 0.15) is 37.5 Å². The quantitative estimate of drug-likeness (QED) is 0.0364. The fourth-order valence-corrected chi connectivity index (χ4v) is 14.8. The minimum atomic E-state index is -5.16. The largest absolute Gasteiger partial charge is 0.446 e. The topological polar surface area (TPSA) is 174 Å². The van der Waals surface area contributed by atoms with E-state index >= 15 is 0 Å². The lowest BCUT2D eigenvalue weighted by Crippen LogP contribution is -2.50. The van der Waals surface area contributed by atoms with Crippen molar-refractivity contribution in [2.75, 3.05) is 115 Å². The molecule has 2 atom stereocenters. The Balaban J connectivity index is 0.613. The van der Waals surface area contributed by atoms with Gasteiger partial charge in [-0.05, 0) is 159 Å². The zero-order valence-corrected chi connectivity index (χ0v) is 60.4. The fraction of sp³-hybridized carbons (Fsp3) is 0.415. The van der Waals surface area contributed by atoms with Crippen LogP contribution in [0.3, 0.4) is 0 Å². The van der Waals surface area contributed by atoms with Gasteiger partial charge in [-0.1, -0.05) is 122 Å². The second kappa shape index (κ2) is 35.4. The van der Waals surface area contributed by atoms with Crippen LogP contribution < -0.4 is 15.1 Å². The number of alkyl halides is 6. The smallest absolute Gasteiger partial charge is 0.416 e. The number of rotatable bonds is 28. The number of halogens is 7. The van der Waals surface area contributed by atoms with Crippen LogP contribution in [0.1, 0.15) is 114 Å². The van der Waals surface area contributed by atoms with Gasteiger partial charge in [-0.2, -0.15) is 26.3 Å². The van der Waals surface area contributed by atoms with E-state index in [2.05, 4.69) is 27.2 Å². The summed E-state index contributed by atoms with van der Waals surface area (Å²) in [5.74, 6) is -2.03. The zero-order valence-electron chi connectivity index (χ0n) is 60.4. The van der Waals surface area contributed by atoms with Crippen molar-refractivity contribution in [3.63, 3.8) is 0 Å². The molecule has 107 heavy (non-hydrogen) atoms. The predicted molar refractivity (Wildman–Crippen MR) is 392 cm³/mol. The number of benzene rings is 7. The summed E-state index contributed by atoms with van der Waals surface area (Å²) in [5.41, 5.74) is 1.55. The van der Waals surface area contributed by atoms with Gasteiger partial charge in [0.05, 0.1) is 29.5 Å². The number of fused-ring (bicyclic) bond motifs is 2. The monoisotopic (exact) mass is 1480 g/mol. The number of nitrogens with one attached hydrogen (secondary N) is 1. The van der Waals surface area contributed by atoms with Gasteiger partial charge in [0, 0.05) is 108 Å². The van der Waals surface area contributed by atoms with Crippen molar-refractivity contribution in [1.82, 2.24) is 24.5 Å². The number of likely N-dealkylation sites (tertiary alicyclic amines) is 2. The van der Waals surface area contributed by atoms with Crippen molar-refractivity contribution in [3.8, 4) is 11.1 Å². The minimum Gasteiger partial charge on any atom is -0.446 e. The van der Waals surface area contributed by atoms with Crippen LogP contribution in [0.2, 0.25) is 0 Å². The van der Waals surface area contributed by atoms with E-state index in [1.54, 1.807) is 53.1 Å². The summed E-state index contributed by atoms with van der Waals surface area (Å²) in [4.78, 5) is 93.3. The molecule has 1 aliphatic carbocycles. The third-order valence-corrected chi connectivity index (χ3v) is 21.2. The predicted octanol–water partition coefficient (Wildman–Crippen LogP) is 15.0. The second-order valence-corrected chi connectivity index (χ2v) is 28.2. The van der Waals surface area contributed by atoms with Crippen molar-refractivity contribution in [2.45, 2.75) is 119 Å². The van der Waals surface area contributed by atoms with Gasteiger partial charge in [0.2, 0.25) is 17.7 Å². The lowest BCUT2D eigenvalue weighted by molar-refractivity contribution is -0.143. The molecule has 0 bridgehead atoms. The summed E-state index contributed by atoms with van der Waals surface area (Å²) in [6, 6.07) is 48.2. The molecule has 3 fully saturated rings. The van der Waals surface area contributed by atoms with E-state index in [0.717, 1.165) is 45.8 Å². The number of hydrogen-bond acceptors (Lipinski definition) is 12. The average Bonchev–Trinajstić information content (AvgIpc) is 1.64. The summed E-state index contributed by atoms with van der Waals surface area (Å²) in [7, 11) is 5.16. The maximum atomic E-state index is 14.3. The normalized spacial score (nSPS) is 17.5. The van der Waals surface area contributed by atoms with Crippen LogP contribution in [-0.4, -0.2) is 172 Å². The molecule has 1 N–H and O–H groups in total. The number of likely N-dealkylation sites (N-methyl/N-ethyl adjacent to an activating group) is 2. The Morgan fingerprint density at radius 3 is 1.93 bits per heavy atom. The zero-order chi connectivity index (χ0) is 75.9. The molecule has 6 amide bonds. The Hall–Kier alpha value is -9.69. The second-order valence-electron chi connectivity index (χ2n) is 28.2. The van der Waals surface area contributed by atoms with Crippen LogP contribution in [-0.2, 0) is 69.7 Å². The molecule has 0 aromatic heterocycles. The molecular formula is C82H91F7N8O10. The third kappa shape index (κ3) is 20.1. The van der Waals surface area contributed by atoms with Gasteiger partial charge in [-0.3, -0.25) is 29.4 Å². The molecule has 0 unspecified atom stereocenters. The SMILES string of the molecule is CN(CCN1CCC(OC(=O)Nc2ccccc2-c2ccccc2)CC1)C(=O)CCCCCN(C(=O)OCc1ccccc1)c1ccc(N(C)C(=O)CCCN(C)C(=O)CO[C@H]2Cc3ccccc3C23CCN(CC[C@@]2(c4ccc(F)cc4)CN(C(=O)c4cc(C(F)(F)F)cc(C(F)(F)F)c4)CO2)CC3)cc1. The Labute approximate surface area is 619 Å². The van der Waals surface area contributed by atoms with Crippen LogP contribution in [0, 0.1) is 5.82 Å². The number of hydrogen-bond donors (Lipinski definition) is 1. The van der Waals surface area contributed by atoms with Crippen LogP contribution >= 0.6 is 0 Å². The van der Waals surface area contributed by atoms with Gasteiger partial charge >= 0.3 is 24.5 Å². The highest BCUT2D eigenvalue weighted by molar-refractivity contribution is 5.96. The number of nitrogens with zero attached hydrogens (tertiary/aromatic N) is 7. The fourth-order valence-electron chi connectivity index (χ4n) is 14.8. The number of carbonyl (C=O) groups is 6. The van der Waals surface area contributed by atoms with Crippen LogP contribution in [0.25, 0.3) is 11.1 Å². The molecule has 1 spiro atoms. The van der Waals surface area contributed by atoms with Gasteiger partial charge < -0.3 is 48.3 Å². The Morgan fingerprint density at radius 1 is 0.617 bits per heavy atom. The number of carbonyl (C=O) groups excluding carboxylic acids is 6. The van der Waals surface area contributed by atoms with Gasteiger partial charge in [0.15, 0.2) is 0 Å². The molecule has 11 rings (SSSR count). The highest BCUT2D eigenvalue weighted by atomic mass is 19.4. The summed E-state index contributed by atoms with van der Waals surface area (Å²) < 4.78 is 122. The molecule has 25 heteroatoms. The molecule has 3 heterocycles. The Kier molecular flexibility index (Phi) is 25.9. The number of ether oxygens (including phenoxy) is 4. The maximum absolute atomic E-state index is 14.3. The molecule has 0 saturated carbocycles. The number of amides is 6. The summed E-state index contributed by atoms with van der Waals surface area (Å²) in [6.07, 6.45) is -5.67. The van der Waals surface area contributed by atoms with Crippen molar-refractivity contribution in [2.24, 2.45) is 0 Å². The molecule has 3 saturated heterocycles. The Morgan fingerprint density at radius 2 is 1.23 bits per heavy atom. The molecule has 4 aliphatic rings. The maximum Gasteiger partial charge on any atom is 0.416 e. The first-order valence-corrected chi connectivity index (χ1v) is 36.4. The molecule has 7 aromatic rings. The number of piperidine rings is 2. The van der Waals surface area contributed by atoms with E-state index in [-0.39, 0.29) is 75.1 Å². The standard InChI is InChI=1S/C82H91F7N8O10/c1-91(75(100)55-104-72-52-60-22-12-14-24-70(60)79(72)38-45-95(46-39-79)47-40-80(62-28-30-65(83)31-29-62)56-96(57-106-80)76(101)61-50-63(81(84,85)86)53-64(51-61)82(87,88)89)41-17-27-74(99)93(3)66-32-34-67(35-33-66)97(78(103)105-54-58-18-7-4-8-19-58)42-16-6-11-26-73(98)92(2)48-49-94-43-36-68(37-44-94)107-77(102)90-71-25-15-13-23-69(71)59-20-9-5-10-21-59/h4-5,7-10,12-15,18-25,28-35,50-51,53,68,72H,6,11,16-17,26-27,36-49,52,54-57H2,1-3H3,(H,90,102)/t72-,80-/m0/s1. The lowest BCUT2D eigenvalue weighted by Gasteiger charge is -2.44.